The second-order valence-corrected chi connectivity index (χ2v) is 5.94. The van der Waals surface area contributed by atoms with Gasteiger partial charge < -0.3 is 9.80 Å². The Balaban J connectivity index is 2.04. The lowest BCUT2D eigenvalue weighted by Gasteiger charge is -2.32. The molecule has 1 aliphatic rings. The van der Waals surface area contributed by atoms with Crippen molar-refractivity contribution in [2.24, 2.45) is 0 Å². The van der Waals surface area contributed by atoms with Gasteiger partial charge in [-0.25, -0.2) is 4.98 Å². The predicted octanol–water partition coefficient (Wildman–Crippen LogP) is 1.12. The first-order chi connectivity index (χ1) is 10.2. The summed E-state index contributed by atoms with van der Waals surface area (Å²) >= 11 is 1.48. The molecule has 2 aromatic rings. The van der Waals surface area contributed by atoms with Crippen LogP contribution in [0.1, 0.15) is 5.56 Å². The fraction of sp³-hybridized carbons (Fsp3) is 0.357. The highest BCUT2D eigenvalue weighted by molar-refractivity contribution is 7.13. The molecule has 3 heterocycles. The largest absolute Gasteiger partial charge is 0.340 e. The van der Waals surface area contributed by atoms with E-state index in [2.05, 4.69) is 26.8 Å². The van der Waals surface area contributed by atoms with Gasteiger partial charge in [-0.05, 0) is 18.5 Å². The molecule has 6 nitrogen and oxygen atoms in total. The lowest BCUT2D eigenvalue weighted by atomic mass is 10.2. The van der Waals surface area contributed by atoms with Crippen LogP contribution in [0.15, 0.2) is 22.3 Å². The fourth-order valence-corrected chi connectivity index (χ4v) is 3.04. The number of hydrogen-bond donors (Lipinski definition) is 1. The number of H-pyrrole nitrogens is 1. The van der Waals surface area contributed by atoms with Crippen molar-refractivity contribution < 1.29 is 0 Å². The third kappa shape index (κ3) is 2.68. The van der Waals surface area contributed by atoms with Crippen molar-refractivity contribution in [1.29, 1.82) is 5.26 Å². The number of nitrogens with one attached hydrogen (secondary N) is 1. The first-order valence-corrected chi connectivity index (χ1v) is 7.59. The minimum atomic E-state index is -0.371. The molecule has 0 atom stereocenters. The molecule has 0 unspecified atom stereocenters. The summed E-state index contributed by atoms with van der Waals surface area (Å²) in [6.45, 7) is 3.49. The Morgan fingerprint density at radius 3 is 2.76 bits per heavy atom. The van der Waals surface area contributed by atoms with Crippen molar-refractivity contribution in [3.63, 3.8) is 0 Å². The molecule has 0 saturated carbocycles. The summed E-state index contributed by atoms with van der Waals surface area (Å²) in [6.07, 6.45) is 0. The van der Waals surface area contributed by atoms with Gasteiger partial charge in [0.2, 0.25) is 5.95 Å². The minimum Gasteiger partial charge on any atom is -0.340 e. The van der Waals surface area contributed by atoms with Gasteiger partial charge in [-0.2, -0.15) is 5.26 Å². The van der Waals surface area contributed by atoms with E-state index in [0.717, 1.165) is 31.1 Å². The zero-order valence-electron chi connectivity index (χ0n) is 11.7. The number of thiophene rings is 1. The predicted molar refractivity (Wildman–Crippen MR) is 82.6 cm³/mol. The molecule has 1 aliphatic heterocycles. The molecule has 3 rings (SSSR count). The number of aromatic nitrogens is 2. The van der Waals surface area contributed by atoms with Crippen molar-refractivity contribution in [1.82, 2.24) is 14.9 Å². The Kier molecular flexibility index (Phi) is 3.73. The monoisotopic (exact) mass is 301 g/mol. The van der Waals surface area contributed by atoms with Crippen LogP contribution in [0.4, 0.5) is 5.95 Å². The van der Waals surface area contributed by atoms with Gasteiger partial charge in [0.25, 0.3) is 5.56 Å². The van der Waals surface area contributed by atoms with E-state index in [1.807, 2.05) is 23.6 Å². The number of anilines is 1. The molecular formula is C14H15N5OS. The van der Waals surface area contributed by atoms with E-state index in [0.29, 0.717) is 11.6 Å². The maximum Gasteiger partial charge on any atom is 0.270 e. The highest BCUT2D eigenvalue weighted by Crippen LogP contribution is 2.25. The molecule has 0 spiro atoms. The molecule has 0 bridgehead atoms. The molecule has 2 aromatic heterocycles. The van der Waals surface area contributed by atoms with E-state index in [-0.39, 0.29) is 11.1 Å². The second-order valence-electron chi connectivity index (χ2n) is 4.99. The third-order valence-electron chi connectivity index (χ3n) is 3.58. The number of likely N-dealkylation sites (N-methyl/N-ethyl adjacent to an activating group) is 1. The summed E-state index contributed by atoms with van der Waals surface area (Å²) in [5.74, 6) is 0.551. The molecule has 1 saturated heterocycles. The van der Waals surface area contributed by atoms with Crippen LogP contribution >= 0.6 is 11.3 Å². The first-order valence-electron chi connectivity index (χ1n) is 6.71. The number of nitriles is 1. The summed E-state index contributed by atoms with van der Waals surface area (Å²) in [7, 11) is 2.07. The van der Waals surface area contributed by atoms with Crippen LogP contribution in [0.25, 0.3) is 10.6 Å². The molecule has 7 heteroatoms. The molecule has 0 radical (unpaired) electrons. The molecular weight excluding hydrogens is 286 g/mol. The van der Waals surface area contributed by atoms with Crippen molar-refractivity contribution in [2.75, 3.05) is 38.1 Å². The number of piperazine rings is 1. The zero-order valence-corrected chi connectivity index (χ0v) is 12.5. The lowest BCUT2D eigenvalue weighted by molar-refractivity contribution is 0.311. The van der Waals surface area contributed by atoms with E-state index >= 15 is 0 Å². The van der Waals surface area contributed by atoms with Gasteiger partial charge in [-0.1, -0.05) is 6.07 Å². The maximum absolute atomic E-state index is 12.1. The quantitative estimate of drug-likeness (QED) is 0.899. The number of rotatable bonds is 2. The Morgan fingerprint density at radius 2 is 2.14 bits per heavy atom. The summed E-state index contributed by atoms with van der Waals surface area (Å²) < 4.78 is 0. The van der Waals surface area contributed by atoms with Gasteiger partial charge >= 0.3 is 0 Å². The fourth-order valence-electron chi connectivity index (χ4n) is 2.32. The van der Waals surface area contributed by atoms with Crippen LogP contribution in [-0.4, -0.2) is 48.1 Å². The van der Waals surface area contributed by atoms with Crippen molar-refractivity contribution in [2.45, 2.75) is 0 Å². The second kappa shape index (κ2) is 5.68. The van der Waals surface area contributed by atoms with Gasteiger partial charge in [0.1, 0.15) is 17.3 Å². The van der Waals surface area contributed by atoms with Crippen LogP contribution in [0.5, 0.6) is 0 Å². The molecule has 0 aromatic carbocycles. The summed E-state index contributed by atoms with van der Waals surface area (Å²) in [6, 6.07) is 5.73. The van der Waals surface area contributed by atoms with Gasteiger partial charge in [0.15, 0.2) is 0 Å². The molecule has 1 fully saturated rings. The average molecular weight is 301 g/mol. The minimum absolute atomic E-state index is 0.0790. The van der Waals surface area contributed by atoms with E-state index < -0.39 is 0 Å². The van der Waals surface area contributed by atoms with Crippen molar-refractivity contribution >= 4 is 17.3 Å². The smallest absolute Gasteiger partial charge is 0.270 e. The number of aromatic amines is 1. The van der Waals surface area contributed by atoms with Crippen LogP contribution in [-0.2, 0) is 0 Å². The van der Waals surface area contributed by atoms with E-state index in [1.165, 1.54) is 11.3 Å². The van der Waals surface area contributed by atoms with Gasteiger partial charge in [-0.15, -0.1) is 11.3 Å². The lowest BCUT2D eigenvalue weighted by Crippen LogP contribution is -2.45. The molecule has 0 amide bonds. The molecule has 21 heavy (non-hydrogen) atoms. The summed E-state index contributed by atoms with van der Waals surface area (Å²) in [4.78, 5) is 24.5. The number of nitrogens with zero attached hydrogens (tertiary/aromatic N) is 4. The average Bonchev–Trinajstić information content (AvgIpc) is 3.01. The van der Waals surface area contributed by atoms with Crippen LogP contribution < -0.4 is 10.5 Å². The number of hydrogen-bond acceptors (Lipinski definition) is 6. The third-order valence-corrected chi connectivity index (χ3v) is 4.45. The first kappa shape index (κ1) is 13.8. The zero-order chi connectivity index (χ0) is 14.8. The highest BCUT2D eigenvalue weighted by atomic mass is 32.1. The Hall–Kier alpha value is -2.17. The van der Waals surface area contributed by atoms with Crippen LogP contribution in [0.3, 0.4) is 0 Å². The molecule has 0 aliphatic carbocycles. The normalized spacial score (nSPS) is 15.9. The topological polar surface area (TPSA) is 76.0 Å². The molecule has 108 valence electrons. The Labute approximate surface area is 126 Å². The van der Waals surface area contributed by atoms with Crippen molar-refractivity contribution in [3.8, 4) is 16.6 Å². The Bertz CT molecular complexity index is 723. The standard InChI is InChI=1S/C14H15N5OS/c1-18-4-6-19(7-5-18)14-16-12(11-3-2-8-21-11)10(9-15)13(20)17-14/h2-3,8H,4-7H2,1H3,(H,16,17,20). The van der Waals surface area contributed by atoms with E-state index in [4.69, 9.17) is 0 Å². The summed E-state index contributed by atoms with van der Waals surface area (Å²) in [5.41, 5.74) is 0.185. The van der Waals surface area contributed by atoms with Crippen LogP contribution in [0, 0.1) is 11.3 Å². The van der Waals surface area contributed by atoms with Gasteiger partial charge in [0.05, 0.1) is 4.88 Å². The SMILES string of the molecule is CN1CCN(c2nc(-c3cccs3)c(C#N)c(=O)[nH]2)CC1. The van der Waals surface area contributed by atoms with Crippen LogP contribution in [0.2, 0.25) is 0 Å². The maximum atomic E-state index is 12.1. The van der Waals surface area contributed by atoms with Gasteiger partial charge in [-0.3, -0.25) is 9.78 Å². The van der Waals surface area contributed by atoms with E-state index in [9.17, 15) is 10.1 Å². The highest BCUT2D eigenvalue weighted by Gasteiger charge is 2.20. The Morgan fingerprint density at radius 1 is 1.38 bits per heavy atom. The van der Waals surface area contributed by atoms with Crippen molar-refractivity contribution in [3.05, 3.63) is 33.4 Å². The summed E-state index contributed by atoms with van der Waals surface area (Å²) in [5, 5.41) is 11.1. The molecule has 1 N–H and O–H groups in total. The van der Waals surface area contributed by atoms with Gasteiger partial charge in [0, 0.05) is 26.2 Å². The van der Waals surface area contributed by atoms with E-state index in [1.54, 1.807) is 0 Å².